The molecule has 0 saturated carbocycles. The molecule has 0 bridgehead atoms. The van der Waals surface area contributed by atoms with E-state index in [0.717, 1.165) is 12.3 Å². The molecule has 4 heteroatoms. The summed E-state index contributed by atoms with van der Waals surface area (Å²) in [4.78, 5) is 0. The molecule has 11 heavy (non-hydrogen) atoms. The van der Waals surface area contributed by atoms with Crippen molar-refractivity contribution in [1.29, 1.82) is 10.5 Å². The molecule has 0 aromatic rings. The van der Waals surface area contributed by atoms with Gasteiger partial charge >= 0.3 is 0 Å². The Bertz CT molecular complexity index is 152. The summed E-state index contributed by atoms with van der Waals surface area (Å²) >= 11 is 0. The number of rotatable bonds is 5. The van der Waals surface area contributed by atoms with Crippen molar-refractivity contribution in [2.75, 3.05) is 19.4 Å². The molecule has 0 aromatic heterocycles. The summed E-state index contributed by atoms with van der Waals surface area (Å²) in [6.45, 7) is 0. The molecule has 0 unspecified atom stereocenters. The summed E-state index contributed by atoms with van der Waals surface area (Å²) in [6, 6.07) is 4.12. The van der Waals surface area contributed by atoms with E-state index < -0.39 is 8.15 Å². The summed E-state index contributed by atoms with van der Waals surface area (Å²) in [6.07, 6.45) is 2.66. The lowest BCUT2D eigenvalue weighted by molar-refractivity contribution is 0.460. The predicted molar refractivity (Wildman–Crippen MR) is 44.1 cm³/mol. The molecule has 0 radical (unpaired) electrons. The Morgan fingerprint density at radius 1 is 1.18 bits per heavy atom. The minimum Gasteiger partial charge on any atom is -0.362 e. The van der Waals surface area contributed by atoms with Crippen molar-refractivity contribution in [3.63, 3.8) is 0 Å². The smallest absolute Gasteiger partial charge is 0.0626 e. The lowest BCUT2D eigenvalue weighted by Gasteiger charge is -2.10. The topological polar surface area (TPSA) is 56.8 Å². The van der Waals surface area contributed by atoms with E-state index in [2.05, 4.69) is 12.1 Å². The summed E-state index contributed by atoms with van der Waals surface area (Å²) in [7, 11) is 1.12. The van der Waals surface area contributed by atoms with Gasteiger partial charge in [-0.2, -0.15) is 10.5 Å². The Balaban J connectivity index is 3.44. The second kappa shape index (κ2) is 7.48. The van der Waals surface area contributed by atoms with Crippen molar-refractivity contribution in [3.05, 3.63) is 0 Å². The summed E-state index contributed by atoms with van der Waals surface area (Å²) in [5.74, 6) is 0. The maximum atomic E-state index is 8.28. The van der Waals surface area contributed by atoms with Gasteiger partial charge < -0.3 is 4.52 Å². The van der Waals surface area contributed by atoms with E-state index in [9.17, 15) is 0 Å². The van der Waals surface area contributed by atoms with Crippen LogP contribution in [0.15, 0.2) is 0 Å². The molecule has 0 spiro atoms. The van der Waals surface area contributed by atoms with Crippen molar-refractivity contribution in [2.45, 2.75) is 12.8 Å². The largest absolute Gasteiger partial charge is 0.362 e. The van der Waals surface area contributed by atoms with E-state index >= 15 is 0 Å². The van der Waals surface area contributed by atoms with Crippen LogP contribution in [0.5, 0.6) is 0 Å². The molecule has 0 N–H and O–H groups in total. The molecule has 3 nitrogen and oxygen atoms in total. The Labute approximate surface area is 68.4 Å². The maximum Gasteiger partial charge on any atom is 0.0626 e. The molecule has 0 aliphatic carbocycles. The van der Waals surface area contributed by atoms with Gasteiger partial charge in [-0.3, -0.25) is 0 Å². The Hall–Kier alpha value is -0.630. The van der Waals surface area contributed by atoms with Gasteiger partial charge in [0.15, 0.2) is 0 Å². The quantitative estimate of drug-likeness (QED) is 0.591. The molecule has 0 aliphatic rings. The highest BCUT2D eigenvalue weighted by Crippen LogP contribution is 2.36. The third kappa shape index (κ3) is 5.80. The van der Waals surface area contributed by atoms with Crippen LogP contribution in [0.2, 0.25) is 0 Å². The molecule has 0 aromatic carbocycles. The van der Waals surface area contributed by atoms with Crippen LogP contribution in [-0.4, -0.2) is 19.4 Å². The van der Waals surface area contributed by atoms with Crippen LogP contribution >= 0.6 is 8.15 Å². The van der Waals surface area contributed by atoms with Crippen LogP contribution in [-0.2, 0) is 4.52 Å². The van der Waals surface area contributed by atoms with E-state index in [1.807, 2.05) is 0 Å². The maximum absolute atomic E-state index is 8.28. The Morgan fingerprint density at radius 3 is 1.91 bits per heavy atom. The fourth-order valence-electron chi connectivity index (χ4n) is 0.644. The first-order chi connectivity index (χ1) is 5.35. The molecule has 0 fully saturated rings. The zero-order valence-corrected chi connectivity index (χ0v) is 7.47. The molecule has 60 valence electrons. The fraction of sp³-hybridized carbons (Fsp3) is 0.714. The molecule has 0 saturated heterocycles. The minimum atomic E-state index is -0.515. The number of nitriles is 2. The highest BCUT2D eigenvalue weighted by Gasteiger charge is 2.05. The SMILES string of the molecule is COP(CCC#N)CCC#N. The van der Waals surface area contributed by atoms with E-state index in [1.54, 1.807) is 7.11 Å². The summed E-state index contributed by atoms with van der Waals surface area (Å²) in [5, 5.41) is 16.6. The average Bonchev–Trinajstić information content (AvgIpc) is 2.05. The predicted octanol–water partition coefficient (Wildman–Crippen LogP) is 1.86. The van der Waals surface area contributed by atoms with Crippen LogP contribution < -0.4 is 0 Å². The van der Waals surface area contributed by atoms with E-state index in [4.69, 9.17) is 15.0 Å². The second-order valence-corrected chi connectivity index (χ2v) is 4.15. The zero-order valence-electron chi connectivity index (χ0n) is 6.58. The zero-order chi connectivity index (χ0) is 8.53. The van der Waals surface area contributed by atoms with Gasteiger partial charge in [-0.05, 0) is 0 Å². The molecular formula is C7H11N2OP. The Morgan fingerprint density at radius 2 is 1.64 bits per heavy atom. The van der Waals surface area contributed by atoms with Crippen molar-refractivity contribution in [1.82, 2.24) is 0 Å². The summed E-state index contributed by atoms with van der Waals surface area (Å²) < 4.78 is 5.12. The first-order valence-electron chi connectivity index (χ1n) is 3.38. The lowest BCUT2D eigenvalue weighted by atomic mass is 10.5. The Kier molecular flexibility index (Phi) is 7.05. The normalized spacial score (nSPS) is 9.09. The average molecular weight is 170 g/mol. The molecule has 0 aliphatic heterocycles. The minimum absolute atomic E-state index is 0.515. The molecular weight excluding hydrogens is 159 g/mol. The standard InChI is InChI=1S/C7H11N2OP/c1-10-11(6-2-4-8)7-3-5-9/h2-3,6-7H2,1H3. The highest BCUT2D eigenvalue weighted by atomic mass is 31.1. The van der Waals surface area contributed by atoms with Gasteiger partial charge in [-0.1, -0.05) is 0 Å². The van der Waals surface area contributed by atoms with Gasteiger partial charge in [0.25, 0.3) is 0 Å². The van der Waals surface area contributed by atoms with Gasteiger partial charge in [-0.15, -0.1) is 0 Å². The van der Waals surface area contributed by atoms with Crippen LogP contribution in [0.3, 0.4) is 0 Å². The third-order valence-corrected chi connectivity index (χ3v) is 3.17. The summed E-state index contributed by atoms with van der Waals surface area (Å²) in [5.41, 5.74) is 0. The molecule has 0 heterocycles. The van der Waals surface area contributed by atoms with Crippen LogP contribution in [0.4, 0.5) is 0 Å². The van der Waals surface area contributed by atoms with Crippen molar-refractivity contribution in [2.24, 2.45) is 0 Å². The van der Waals surface area contributed by atoms with Crippen molar-refractivity contribution in [3.8, 4) is 12.1 Å². The fourth-order valence-corrected chi connectivity index (χ4v) is 1.93. The van der Waals surface area contributed by atoms with E-state index in [1.165, 1.54) is 0 Å². The number of hydrogen-bond acceptors (Lipinski definition) is 3. The van der Waals surface area contributed by atoms with Gasteiger partial charge in [0.2, 0.25) is 0 Å². The highest BCUT2D eigenvalue weighted by molar-refractivity contribution is 7.52. The first kappa shape index (κ1) is 10.4. The van der Waals surface area contributed by atoms with Gasteiger partial charge in [0, 0.05) is 40.4 Å². The van der Waals surface area contributed by atoms with Crippen LogP contribution in [0.1, 0.15) is 12.8 Å². The van der Waals surface area contributed by atoms with E-state index in [0.29, 0.717) is 12.8 Å². The van der Waals surface area contributed by atoms with Crippen molar-refractivity contribution >= 4 is 8.15 Å². The second-order valence-electron chi connectivity index (χ2n) is 1.93. The molecule has 0 atom stereocenters. The molecule has 0 amide bonds. The third-order valence-electron chi connectivity index (χ3n) is 1.20. The first-order valence-corrected chi connectivity index (χ1v) is 5.01. The van der Waals surface area contributed by atoms with Gasteiger partial charge in [0.1, 0.15) is 0 Å². The number of hydrogen-bond donors (Lipinski definition) is 0. The monoisotopic (exact) mass is 170 g/mol. The van der Waals surface area contributed by atoms with Gasteiger partial charge in [-0.25, -0.2) is 0 Å². The molecule has 0 rings (SSSR count). The number of nitrogens with zero attached hydrogens (tertiary/aromatic N) is 2. The van der Waals surface area contributed by atoms with Gasteiger partial charge in [0.05, 0.1) is 12.1 Å². The van der Waals surface area contributed by atoms with Crippen LogP contribution in [0, 0.1) is 22.7 Å². The van der Waals surface area contributed by atoms with E-state index in [-0.39, 0.29) is 0 Å². The van der Waals surface area contributed by atoms with Crippen molar-refractivity contribution < 1.29 is 4.52 Å². The van der Waals surface area contributed by atoms with Crippen LogP contribution in [0.25, 0.3) is 0 Å². The lowest BCUT2D eigenvalue weighted by Crippen LogP contribution is -1.90.